The van der Waals surface area contributed by atoms with Gasteiger partial charge in [-0.05, 0) is 75.2 Å². The lowest BCUT2D eigenvalue weighted by Crippen LogP contribution is -2.31. The first-order valence-corrected chi connectivity index (χ1v) is 14.6. The van der Waals surface area contributed by atoms with E-state index in [0.717, 1.165) is 29.3 Å². The summed E-state index contributed by atoms with van der Waals surface area (Å²) >= 11 is 3.83. The van der Waals surface area contributed by atoms with Crippen LogP contribution in [0.5, 0.6) is 11.5 Å². The molecular formula is C34H21NOS2. The Bertz CT molecular complexity index is 1820. The first kappa shape index (κ1) is 20.9. The van der Waals surface area contributed by atoms with Crippen molar-refractivity contribution in [3.8, 4) is 22.6 Å². The van der Waals surface area contributed by atoms with Crippen molar-refractivity contribution in [1.82, 2.24) is 0 Å². The SMILES string of the molecule is c1ccc2c(c1)Oc1ccccc1N2c1cc2c(s1)Cc1ccsc1C21c2ccccc2-c2ccccc21. The van der Waals surface area contributed by atoms with Gasteiger partial charge >= 0.3 is 0 Å². The zero-order chi connectivity index (χ0) is 24.8. The van der Waals surface area contributed by atoms with Crippen LogP contribution in [-0.4, -0.2) is 0 Å². The van der Waals surface area contributed by atoms with E-state index in [1.807, 2.05) is 34.8 Å². The number of thiophene rings is 2. The third kappa shape index (κ3) is 2.52. The van der Waals surface area contributed by atoms with E-state index in [1.165, 1.54) is 48.1 Å². The Morgan fingerprint density at radius 1 is 0.658 bits per heavy atom. The summed E-state index contributed by atoms with van der Waals surface area (Å²) in [7, 11) is 0. The zero-order valence-electron chi connectivity index (χ0n) is 20.3. The quantitative estimate of drug-likeness (QED) is 0.212. The van der Waals surface area contributed by atoms with Crippen LogP contribution in [-0.2, 0) is 11.8 Å². The van der Waals surface area contributed by atoms with Crippen LogP contribution in [0.15, 0.2) is 115 Å². The molecule has 0 radical (unpaired) electrons. The molecule has 1 aliphatic heterocycles. The summed E-state index contributed by atoms with van der Waals surface area (Å²) in [6.45, 7) is 0. The number of hydrogen-bond acceptors (Lipinski definition) is 4. The molecule has 0 saturated heterocycles. The molecule has 4 heteroatoms. The highest BCUT2D eigenvalue weighted by molar-refractivity contribution is 7.16. The highest BCUT2D eigenvalue weighted by Gasteiger charge is 2.51. The van der Waals surface area contributed by atoms with Gasteiger partial charge in [0.1, 0.15) is 5.00 Å². The minimum Gasteiger partial charge on any atom is -0.453 e. The standard InChI is InChI=1S/C34H21NOS2/c1-3-11-24-22(9-1)23-10-2-4-12-25(23)34(24)26-20-32(38-31(26)19-21-17-18-37-33(21)34)35-27-13-5-7-15-29(27)36-30-16-8-6-14-28(30)35/h1-18,20H,19H2. The van der Waals surface area contributed by atoms with Crippen LogP contribution >= 0.6 is 22.7 Å². The fraction of sp³-hybridized carbons (Fsp3) is 0.0588. The fourth-order valence-corrected chi connectivity index (χ4v) is 9.22. The van der Waals surface area contributed by atoms with Crippen molar-refractivity contribution >= 4 is 39.0 Å². The molecule has 3 aliphatic rings. The van der Waals surface area contributed by atoms with E-state index in [4.69, 9.17) is 4.74 Å². The molecule has 0 atom stereocenters. The summed E-state index contributed by atoms with van der Waals surface area (Å²) in [5, 5.41) is 3.51. The van der Waals surface area contributed by atoms with Crippen LogP contribution in [0.2, 0.25) is 0 Å². The van der Waals surface area contributed by atoms with E-state index in [9.17, 15) is 0 Å². The second-order valence-corrected chi connectivity index (χ2v) is 12.1. The van der Waals surface area contributed by atoms with Gasteiger partial charge in [0.25, 0.3) is 0 Å². The number of ether oxygens (including phenoxy) is 1. The number of nitrogens with zero attached hydrogens (tertiary/aromatic N) is 1. The maximum Gasteiger partial charge on any atom is 0.151 e. The Morgan fingerprint density at radius 3 is 1.95 bits per heavy atom. The van der Waals surface area contributed by atoms with Gasteiger partial charge in [0.05, 0.1) is 16.8 Å². The summed E-state index contributed by atoms with van der Waals surface area (Å²) in [4.78, 5) is 5.31. The maximum atomic E-state index is 6.32. The van der Waals surface area contributed by atoms with Gasteiger partial charge in [0, 0.05) is 16.2 Å². The Kier molecular flexibility index (Phi) is 4.11. The molecule has 3 heterocycles. The largest absolute Gasteiger partial charge is 0.453 e. The first-order chi connectivity index (χ1) is 18.8. The predicted octanol–water partition coefficient (Wildman–Crippen LogP) is 9.65. The second-order valence-electron chi connectivity index (χ2n) is 10.1. The highest BCUT2D eigenvalue weighted by atomic mass is 32.1. The zero-order valence-corrected chi connectivity index (χ0v) is 22.0. The minimum atomic E-state index is -0.287. The molecule has 2 nitrogen and oxygen atoms in total. The number of anilines is 3. The van der Waals surface area contributed by atoms with Gasteiger partial charge in [-0.1, -0.05) is 72.8 Å². The van der Waals surface area contributed by atoms with Gasteiger partial charge in [-0.15, -0.1) is 22.7 Å². The molecule has 4 aromatic carbocycles. The molecule has 0 bridgehead atoms. The fourth-order valence-electron chi connectivity index (χ4n) is 6.78. The van der Waals surface area contributed by atoms with Crippen LogP contribution < -0.4 is 9.64 Å². The number of fused-ring (bicyclic) bond motifs is 11. The maximum absolute atomic E-state index is 6.32. The van der Waals surface area contributed by atoms with Gasteiger partial charge in [-0.25, -0.2) is 0 Å². The van der Waals surface area contributed by atoms with Gasteiger partial charge in [0.15, 0.2) is 11.5 Å². The molecule has 0 N–H and O–H groups in total. The summed E-state index contributed by atoms with van der Waals surface area (Å²) in [5.41, 5.74) is 10.3. The average Bonchev–Trinajstić information content (AvgIpc) is 3.68. The third-order valence-electron chi connectivity index (χ3n) is 8.24. The van der Waals surface area contributed by atoms with Crippen molar-refractivity contribution in [3.63, 3.8) is 0 Å². The third-order valence-corrected chi connectivity index (χ3v) is 10.4. The number of para-hydroxylation sites is 4. The number of rotatable bonds is 1. The van der Waals surface area contributed by atoms with Crippen LogP contribution in [0.25, 0.3) is 11.1 Å². The molecule has 0 amide bonds. The lowest BCUT2D eigenvalue weighted by Gasteiger charge is -2.36. The Labute approximate surface area is 229 Å². The average molecular weight is 524 g/mol. The van der Waals surface area contributed by atoms with E-state index in [1.54, 1.807) is 0 Å². The normalized spacial score (nSPS) is 15.1. The molecule has 1 spiro atoms. The molecule has 6 aromatic rings. The second kappa shape index (κ2) is 7.47. The van der Waals surface area contributed by atoms with Crippen molar-refractivity contribution in [3.05, 3.63) is 147 Å². The highest BCUT2D eigenvalue weighted by Crippen LogP contribution is 2.63. The minimum absolute atomic E-state index is 0.287. The Hall–Kier alpha value is -4.12. The number of hydrogen-bond donors (Lipinski definition) is 0. The molecule has 2 aromatic heterocycles. The number of benzene rings is 4. The predicted molar refractivity (Wildman–Crippen MR) is 157 cm³/mol. The molecule has 0 saturated carbocycles. The van der Waals surface area contributed by atoms with Crippen LogP contribution in [0.4, 0.5) is 16.4 Å². The first-order valence-electron chi connectivity index (χ1n) is 12.9. The van der Waals surface area contributed by atoms with Gasteiger partial charge < -0.3 is 4.74 Å². The smallest absolute Gasteiger partial charge is 0.151 e. The van der Waals surface area contributed by atoms with Crippen molar-refractivity contribution in [2.75, 3.05) is 4.90 Å². The lowest BCUT2D eigenvalue weighted by molar-refractivity contribution is 0.477. The van der Waals surface area contributed by atoms with Gasteiger partial charge in [0.2, 0.25) is 0 Å². The Morgan fingerprint density at radius 2 is 1.26 bits per heavy atom. The van der Waals surface area contributed by atoms with E-state index in [-0.39, 0.29) is 5.41 Å². The van der Waals surface area contributed by atoms with Gasteiger partial charge in [-0.2, -0.15) is 0 Å². The molecule has 180 valence electrons. The topological polar surface area (TPSA) is 12.5 Å². The molecule has 0 unspecified atom stereocenters. The summed E-state index contributed by atoms with van der Waals surface area (Å²) in [6.07, 6.45) is 0.971. The summed E-state index contributed by atoms with van der Waals surface area (Å²) < 4.78 is 6.32. The Balaban J connectivity index is 1.35. The molecule has 0 fully saturated rings. The molecule has 2 aliphatic carbocycles. The van der Waals surface area contributed by atoms with Crippen molar-refractivity contribution in [2.45, 2.75) is 11.8 Å². The van der Waals surface area contributed by atoms with Crippen LogP contribution in [0.1, 0.15) is 32.0 Å². The van der Waals surface area contributed by atoms with Gasteiger partial charge in [-0.3, -0.25) is 4.90 Å². The lowest BCUT2D eigenvalue weighted by atomic mass is 9.67. The molecular weight excluding hydrogens is 503 g/mol. The van der Waals surface area contributed by atoms with Crippen molar-refractivity contribution in [1.29, 1.82) is 0 Å². The summed E-state index contributed by atoms with van der Waals surface area (Å²) in [6, 6.07) is 39.6. The van der Waals surface area contributed by atoms with E-state index >= 15 is 0 Å². The molecule has 38 heavy (non-hydrogen) atoms. The van der Waals surface area contributed by atoms with Crippen molar-refractivity contribution in [2.24, 2.45) is 0 Å². The summed E-state index contributed by atoms with van der Waals surface area (Å²) in [5.74, 6) is 1.78. The monoisotopic (exact) mass is 523 g/mol. The van der Waals surface area contributed by atoms with Crippen molar-refractivity contribution < 1.29 is 4.74 Å². The van der Waals surface area contributed by atoms with Crippen LogP contribution in [0.3, 0.4) is 0 Å². The van der Waals surface area contributed by atoms with E-state index in [0.29, 0.717) is 0 Å². The van der Waals surface area contributed by atoms with Crippen LogP contribution in [0, 0.1) is 0 Å². The van der Waals surface area contributed by atoms with E-state index < -0.39 is 0 Å². The molecule has 9 rings (SSSR count). The van der Waals surface area contributed by atoms with E-state index in [2.05, 4.69) is 107 Å².